The van der Waals surface area contributed by atoms with Gasteiger partial charge in [0.1, 0.15) is 29.3 Å². The summed E-state index contributed by atoms with van der Waals surface area (Å²) in [5, 5.41) is 10.3. The Labute approximate surface area is 508 Å². The van der Waals surface area contributed by atoms with Crippen molar-refractivity contribution in [2.75, 3.05) is 0 Å². The van der Waals surface area contributed by atoms with Gasteiger partial charge < -0.3 is 22.1 Å². The number of thiol groups is 1. The summed E-state index contributed by atoms with van der Waals surface area (Å²) in [6, 6.07) is 30.0. The molecular weight excluding hydrogens is 1110 g/mol. The van der Waals surface area contributed by atoms with Crippen LogP contribution >= 0.6 is 69.3 Å². The van der Waals surface area contributed by atoms with E-state index in [9.17, 15) is 4.39 Å². The molecular formula is C68H95FO5S6. The van der Waals surface area contributed by atoms with Crippen LogP contribution in [0.3, 0.4) is 0 Å². The van der Waals surface area contributed by atoms with E-state index in [0.717, 1.165) is 58.3 Å². The molecule has 0 bridgehead atoms. The standard InChI is InChI=1S/2C14H18OS.C13H16OS.C9H8OS2.C8H5FOS.5C2H6/c2*1-2-3-4-5-7-13-10-12(11-15-13)14-8-6-9-16-14;1-2-3-4-6-12-9-11(10-14-12)13-7-5-8-15-13;11-6-8-4-7(5-10-8)9-2-1-3-12-9;9-8-4-6(5-10-8)7-2-1-3-11-7;5*1-2/h2*6,8-11H,2-5,7H2,1H3;5,7-10H,2-4,6H2,1H3;1-5,11H,6H2;1-5H;5*1-2H3. The molecule has 10 aromatic heterocycles. The van der Waals surface area contributed by atoms with Gasteiger partial charge in [-0.2, -0.15) is 17.0 Å². The Balaban J connectivity index is 0.000000483. The van der Waals surface area contributed by atoms with Gasteiger partial charge in [0.15, 0.2) is 0 Å². The summed E-state index contributed by atoms with van der Waals surface area (Å²) < 4.78 is 38.8. The van der Waals surface area contributed by atoms with Crippen LogP contribution in [0.2, 0.25) is 0 Å². The van der Waals surface area contributed by atoms with Gasteiger partial charge in [-0.05, 0) is 101 Å². The topological polar surface area (TPSA) is 65.7 Å². The molecule has 0 amide bonds. The number of hydrogen-bond acceptors (Lipinski definition) is 11. The second-order valence-corrected chi connectivity index (χ2v) is 21.5. The minimum atomic E-state index is -0.534. The zero-order valence-electron chi connectivity index (χ0n) is 50.4. The number of rotatable bonds is 20. The van der Waals surface area contributed by atoms with Gasteiger partial charge in [0.2, 0.25) is 0 Å². The van der Waals surface area contributed by atoms with Crippen LogP contribution in [0.25, 0.3) is 52.2 Å². The van der Waals surface area contributed by atoms with Gasteiger partial charge in [-0.15, -0.1) is 56.7 Å². The van der Waals surface area contributed by atoms with Crippen LogP contribution < -0.4 is 0 Å². The lowest BCUT2D eigenvalue weighted by Gasteiger charge is -1.95. The fraction of sp³-hybridized carbons (Fsp3) is 0.412. The largest absolute Gasteiger partial charge is 0.469 e. The lowest BCUT2D eigenvalue weighted by Crippen LogP contribution is -1.82. The van der Waals surface area contributed by atoms with Gasteiger partial charge >= 0.3 is 0 Å². The predicted octanol–water partition coefficient (Wildman–Crippen LogP) is 26.7. The van der Waals surface area contributed by atoms with E-state index in [1.807, 2.05) is 118 Å². The van der Waals surface area contributed by atoms with E-state index in [4.69, 9.17) is 17.7 Å². The number of hydrogen-bond donors (Lipinski definition) is 1. The quantitative estimate of drug-likeness (QED) is 0.0608. The average Bonchev–Trinajstić information content (AvgIpc) is 4.35. The second-order valence-electron chi connectivity index (χ2n) is 16.5. The summed E-state index contributed by atoms with van der Waals surface area (Å²) in [7, 11) is 0. The van der Waals surface area contributed by atoms with Crippen molar-refractivity contribution in [2.24, 2.45) is 0 Å². The number of halogens is 1. The van der Waals surface area contributed by atoms with Crippen molar-refractivity contribution in [1.82, 2.24) is 0 Å². The molecule has 440 valence electrons. The van der Waals surface area contributed by atoms with E-state index in [1.54, 1.807) is 62.9 Å². The second kappa shape index (κ2) is 48.8. The average molecular weight is 1200 g/mol. The van der Waals surface area contributed by atoms with Gasteiger partial charge in [-0.3, -0.25) is 0 Å². The molecule has 0 aliphatic heterocycles. The third-order valence-corrected chi connectivity index (χ3v) is 15.9. The Morgan fingerprint density at radius 3 is 0.825 bits per heavy atom. The van der Waals surface area contributed by atoms with Crippen molar-refractivity contribution in [2.45, 2.75) is 186 Å². The Morgan fingerprint density at radius 2 is 0.588 bits per heavy atom. The van der Waals surface area contributed by atoms with Crippen LogP contribution in [0.1, 0.15) is 184 Å². The molecule has 0 aliphatic carbocycles. The molecule has 10 heterocycles. The lowest BCUT2D eigenvalue weighted by molar-refractivity contribution is 0.359. The fourth-order valence-electron chi connectivity index (χ4n) is 7.17. The highest BCUT2D eigenvalue weighted by Gasteiger charge is 2.08. The summed E-state index contributed by atoms with van der Waals surface area (Å²) >= 11 is 12.7. The maximum absolute atomic E-state index is 12.4. The highest BCUT2D eigenvalue weighted by Crippen LogP contribution is 2.31. The van der Waals surface area contributed by atoms with Crippen molar-refractivity contribution in [3.05, 3.63) is 178 Å². The first-order valence-corrected chi connectivity index (χ1v) is 34.3. The zero-order chi connectivity index (χ0) is 59.0. The van der Waals surface area contributed by atoms with Gasteiger partial charge in [-0.25, -0.2) is 0 Å². The van der Waals surface area contributed by atoms with Gasteiger partial charge in [0, 0.05) is 83.3 Å². The molecule has 0 spiro atoms. The smallest absolute Gasteiger partial charge is 0.278 e. The third-order valence-electron chi connectivity index (χ3n) is 10.9. The summed E-state index contributed by atoms with van der Waals surface area (Å²) in [6.07, 6.45) is 26.2. The van der Waals surface area contributed by atoms with Crippen molar-refractivity contribution in [3.63, 3.8) is 0 Å². The minimum Gasteiger partial charge on any atom is -0.469 e. The number of thiophene rings is 5. The van der Waals surface area contributed by atoms with Crippen LogP contribution in [0.5, 0.6) is 0 Å². The van der Waals surface area contributed by atoms with E-state index < -0.39 is 6.01 Å². The molecule has 10 rings (SSSR count). The van der Waals surface area contributed by atoms with Crippen LogP contribution in [-0.2, 0) is 25.0 Å². The summed E-state index contributed by atoms with van der Waals surface area (Å²) in [6.45, 7) is 26.7. The van der Waals surface area contributed by atoms with Gasteiger partial charge in [0.25, 0.3) is 6.01 Å². The molecule has 0 atom stereocenters. The highest BCUT2D eigenvalue weighted by molar-refractivity contribution is 7.79. The van der Waals surface area contributed by atoms with E-state index in [-0.39, 0.29) is 0 Å². The van der Waals surface area contributed by atoms with Crippen molar-refractivity contribution < 1.29 is 26.5 Å². The number of aryl methyl sites for hydroxylation is 3. The maximum Gasteiger partial charge on any atom is 0.278 e. The van der Waals surface area contributed by atoms with E-state index in [0.29, 0.717) is 5.75 Å². The molecule has 12 heteroatoms. The highest BCUT2D eigenvalue weighted by atomic mass is 32.1. The first kappa shape index (κ1) is 73.2. The van der Waals surface area contributed by atoms with Crippen LogP contribution in [0.15, 0.2) is 171 Å². The predicted molar refractivity (Wildman–Crippen MR) is 358 cm³/mol. The summed E-state index contributed by atoms with van der Waals surface area (Å²) in [5.41, 5.74) is 5.61. The molecule has 0 aliphatic rings. The van der Waals surface area contributed by atoms with Gasteiger partial charge in [0.05, 0.1) is 25.1 Å². The van der Waals surface area contributed by atoms with E-state index >= 15 is 0 Å². The molecule has 5 nitrogen and oxygen atoms in total. The fourth-order valence-corrected chi connectivity index (χ4v) is 10.9. The number of unbranched alkanes of at least 4 members (excludes halogenated alkanes) is 8. The van der Waals surface area contributed by atoms with Crippen molar-refractivity contribution in [3.8, 4) is 52.2 Å². The molecule has 0 saturated carbocycles. The van der Waals surface area contributed by atoms with E-state index in [2.05, 4.69) is 120 Å². The molecule has 0 radical (unpaired) electrons. The van der Waals surface area contributed by atoms with Gasteiger partial charge in [-0.1, -0.05) is 172 Å². The number of furan rings is 5. The normalized spacial score (nSPS) is 9.69. The summed E-state index contributed by atoms with van der Waals surface area (Å²) in [4.78, 5) is 6.15. The first-order chi connectivity index (χ1) is 39.5. The summed E-state index contributed by atoms with van der Waals surface area (Å²) in [5.74, 6) is 4.94. The molecule has 0 fully saturated rings. The van der Waals surface area contributed by atoms with Crippen molar-refractivity contribution in [1.29, 1.82) is 0 Å². The van der Waals surface area contributed by atoms with Crippen LogP contribution in [-0.4, -0.2) is 0 Å². The minimum absolute atomic E-state index is 0.534. The monoisotopic (exact) mass is 1200 g/mol. The lowest BCUT2D eigenvalue weighted by atomic mass is 10.1. The van der Waals surface area contributed by atoms with Crippen LogP contribution in [0, 0.1) is 6.01 Å². The SMILES string of the molecule is CC.CC.CC.CC.CC.CCCCCCc1cc(-c2cccs2)co1.CCCCCCc1cc(-c2cccs2)co1.CCCCCc1cc(-c2cccs2)co1.Fc1cc(-c2cccs2)co1.SCc1cc(-c2cccs2)co1. The Kier molecular flexibility index (Phi) is 44.7. The van der Waals surface area contributed by atoms with E-state index in [1.165, 1.54) is 119 Å². The first-order valence-electron chi connectivity index (χ1n) is 29.3. The molecule has 80 heavy (non-hydrogen) atoms. The molecule has 0 saturated heterocycles. The Morgan fingerprint density at radius 1 is 0.338 bits per heavy atom. The Hall–Kier alpha value is -4.82. The Bertz CT molecular complexity index is 2680. The zero-order valence-corrected chi connectivity index (χ0v) is 55.4. The molecule has 0 aromatic carbocycles. The van der Waals surface area contributed by atoms with Crippen molar-refractivity contribution >= 4 is 69.3 Å². The molecule has 10 aromatic rings. The molecule has 0 N–H and O–H groups in total. The van der Waals surface area contributed by atoms with Crippen LogP contribution in [0.4, 0.5) is 4.39 Å². The molecule has 0 unspecified atom stereocenters. The third kappa shape index (κ3) is 29.2. The maximum atomic E-state index is 12.4.